The van der Waals surface area contributed by atoms with Gasteiger partial charge in [-0.25, -0.2) is 8.78 Å². The molecule has 0 aliphatic carbocycles. The van der Waals surface area contributed by atoms with Crippen LogP contribution in [0.4, 0.5) is 43.9 Å². The lowest BCUT2D eigenvalue weighted by Gasteiger charge is -2.36. The number of alkyl halides is 10. The quantitative estimate of drug-likeness (QED) is 0.255. The summed E-state index contributed by atoms with van der Waals surface area (Å²) in [5, 5.41) is 0. The van der Waals surface area contributed by atoms with Crippen molar-refractivity contribution in [2.45, 2.75) is 88.4 Å². The third kappa shape index (κ3) is 4.91. The van der Waals surface area contributed by atoms with Crippen molar-refractivity contribution in [2.24, 2.45) is 0 Å². The van der Waals surface area contributed by atoms with Crippen molar-refractivity contribution in [1.29, 1.82) is 0 Å². The first-order chi connectivity index (χ1) is 10.8. The van der Waals surface area contributed by atoms with E-state index in [1.54, 1.807) is 0 Å². The first-order valence-corrected chi connectivity index (χ1v) is 7.55. The van der Waals surface area contributed by atoms with E-state index >= 15 is 0 Å². The molecule has 0 bridgehead atoms. The molecule has 0 saturated heterocycles. The van der Waals surface area contributed by atoms with Crippen molar-refractivity contribution in [3.05, 3.63) is 0 Å². The van der Waals surface area contributed by atoms with E-state index in [4.69, 9.17) is 0 Å². The third-order valence-electron chi connectivity index (χ3n) is 3.64. The van der Waals surface area contributed by atoms with Crippen molar-refractivity contribution in [3.8, 4) is 0 Å². The second-order valence-electron chi connectivity index (χ2n) is 5.65. The number of hydrogen-bond donors (Lipinski definition) is 0. The molecule has 0 radical (unpaired) electrons. The van der Waals surface area contributed by atoms with Crippen LogP contribution in [-0.2, 0) is 0 Å². The summed E-state index contributed by atoms with van der Waals surface area (Å²) in [6.45, 7) is 1.93. The summed E-state index contributed by atoms with van der Waals surface area (Å²) in [6, 6.07) is 0. The van der Waals surface area contributed by atoms with Crippen molar-refractivity contribution >= 4 is 0 Å². The van der Waals surface area contributed by atoms with Crippen LogP contribution in [0.5, 0.6) is 0 Å². The van der Waals surface area contributed by atoms with Gasteiger partial charge in [-0.3, -0.25) is 0 Å². The summed E-state index contributed by atoms with van der Waals surface area (Å²) in [6.07, 6.45) is -3.95. The Balaban J connectivity index is 4.80. The minimum atomic E-state index is -6.88. The number of halogens is 10. The zero-order chi connectivity index (χ0) is 19.2. The molecule has 0 N–H and O–H groups in total. The van der Waals surface area contributed by atoms with Gasteiger partial charge in [-0.2, -0.15) is 35.1 Å². The Morgan fingerprint density at radius 3 is 1.46 bits per heavy atom. The van der Waals surface area contributed by atoms with Crippen LogP contribution >= 0.6 is 0 Å². The van der Waals surface area contributed by atoms with Gasteiger partial charge in [-0.15, -0.1) is 0 Å². The van der Waals surface area contributed by atoms with Crippen molar-refractivity contribution in [2.75, 3.05) is 0 Å². The molecule has 0 aliphatic rings. The topological polar surface area (TPSA) is 0 Å². The lowest BCUT2D eigenvalue weighted by molar-refractivity contribution is -0.384. The lowest BCUT2D eigenvalue weighted by Crippen LogP contribution is -2.64. The maximum Gasteiger partial charge on any atom is 0.384 e. The van der Waals surface area contributed by atoms with Crippen LogP contribution in [-0.4, -0.2) is 30.1 Å². The normalized spacial score (nSPS) is 14.5. The summed E-state index contributed by atoms with van der Waals surface area (Å²) in [5.41, 5.74) is 0. The molecule has 0 amide bonds. The Morgan fingerprint density at radius 2 is 1.04 bits per heavy atom. The second-order valence-corrected chi connectivity index (χ2v) is 5.65. The van der Waals surface area contributed by atoms with Crippen LogP contribution in [0.15, 0.2) is 0 Å². The van der Waals surface area contributed by atoms with Gasteiger partial charge in [-0.05, 0) is 6.42 Å². The highest BCUT2D eigenvalue weighted by Crippen LogP contribution is 2.55. The minimum absolute atomic E-state index is 0.0200. The fraction of sp³-hybridized carbons (Fsp3) is 1.00. The van der Waals surface area contributed by atoms with Crippen LogP contribution in [0, 0.1) is 0 Å². The Morgan fingerprint density at radius 1 is 0.625 bits per heavy atom. The Hall–Kier alpha value is -0.700. The van der Waals surface area contributed by atoms with Gasteiger partial charge < -0.3 is 0 Å². The molecular weight excluding hydrogens is 358 g/mol. The van der Waals surface area contributed by atoms with Crippen molar-refractivity contribution < 1.29 is 43.9 Å². The van der Waals surface area contributed by atoms with E-state index in [0.29, 0.717) is 12.8 Å². The van der Waals surface area contributed by atoms with Crippen molar-refractivity contribution in [1.82, 2.24) is 0 Å². The molecule has 0 aromatic carbocycles. The highest BCUT2D eigenvalue weighted by molar-refractivity contribution is 5.04. The summed E-state index contributed by atoms with van der Waals surface area (Å²) >= 11 is 0. The van der Waals surface area contributed by atoms with Crippen LogP contribution in [0.2, 0.25) is 0 Å². The summed E-state index contributed by atoms with van der Waals surface area (Å²) in [7, 11) is 0. The van der Waals surface area contributed by atoms with Gasteiger partial charge >= 0.3 is 30.1 Å². The molecule has 0 spiro atoms. The fourth-order valence-electron chi connectivity index (χ4n) is 2.04. The van der Waals surface area contributed by atoms with E-state index in [0.717, 1.165) is 19.3 Å². The lowest BCUT2D eigenvalue weighted by atomic mass is 9.94. The first-order valence-electron chi connectivity index (χ1n) is 7.55. The van der Waals surface area contributed by atoms with Gasteiger partial charge in [0.15, 0.2) is 0 Å². The summed E-state index contributed by atoms with van der Waals surface area (Å²) < 4.78 is 128. The summed E-state index contributed by atoms with van der Waals surface area (Å²) in [5.74, 6) is -25.6. The van der Waals surface area contributed by atoms with E-state index in [1.807, 2.05) is 6.92 Å². The highest BCUT2D eigenvalue weighted by atomic mass is 19.4. The molecule has 24 heavy (non-hydrogen) atoms. The molecule has 0 nitrogen and oxygen atoms in total. The van der Waals surface area contributed by atoms with Gasteiger partial charge in [0.25, 0.3) is 0 Å². The monoisotopic (exact) mass is 378 g/mol. The first kappa shape index (κ1) is 23.3. The second kappa shape index (κ2) is 8.60. The minimum Gasteiger partial charge on any atom is -0.203 e. The largest absolute Gasteiger partial charge is 0.384 e. The molecular formula is C14H20F10. The maximum absolute atomic E-state index is 13.3. The predicted molar refractivity (Wildman–Crippen MR) is 68.4 cm³/mol. The van der Waals surface area contributed by atoms with E-state index in [-0.39, 0.29) is 6.42 Å². The average molecular weight is 378 g/mol. The molecule has 0 aromatic rings. The van der Waals surface area contributed by atoms with E-state index < -0.39 is 43.0 Å². The maximum atomic E-state index is 13.3. The van der Waals surface area contributed by atoms with Crippen LogP contribution in [0.3, 0.4) is 0 Å². The zero-order valence-electron chi connectivity index (χ0n) is 13.0. The highest BCUT2D eigenvalue weighted by Gasteiger charge is 2.82. The Kier molecular flexibility index (Phi) is 8.35. The zero-order valence-corrected chi connectivity index (χ0v) is 13.0. The van der Waals surface area contributed by atoms with Crippen LogP contribution < -0.4 is 0 Å². The molecule has 0 aromatic heterocycles. The molecule has 0 aliphatic heterocycles. The molecule has 0 atom stereocenters. The van der Waals surface area contributed by atoms with Crippen LogP contribution in [0.1, 0.15) is 58.3 Å². The Bertz CT molecular complexity index is 365. The third-order valence-corrected chi connectivity index (χ3v) is 3.64. The van der Waals surface area contributed by atoms with Gasteiger partial charge in [-0.1, -0.05) is 45.4 Å². The smallest absolute Gasteiger partial charge is 0.203 e. The predicted octanol–water partition coefficient (Wildman–Crippen LogP) is 6.93. The SMILES string of the molecule is CCCCCCCCCC(F)(F)C(F)(F)C(F)(F)C(F)(F)C(F)F. The van der Waals surface area contributed by atoms with E-state index in [2.05, 4.69) is 0 Å². The molecule has 0 unspecified atom stereocenters. The van der Waals surface area contributed by atoms with Gasteiger partial charge in [0.1, 0.15) is 0 Å². The molecule has 0 heterocycles. The number of unbranched alkanes of at least 4 members (excludes halogenated alkanes) is 6. The summed E-state index contributed by atoms with van der Waals surface area (Å²) in [4.78, 5) is 0. The fourth-order valence-corrected chi connectivity index (χ4v) is 2.04. The molecule has 10 heteroatoms. The molecule has 0 fully saturated rings. The van der Waals surface area contributed by atoms with Gasteiger partial charge in [0.2, 0.25) is 0 Å². The molecule has 0 saturated carbocycles. The van der Waals surface area contributed by atoms with Crippen molar-refractivity contribution in [3.63, 3.8) is 0 Å². The van der Waals surface area contributed by atoms with Gasteiger partial charge in [0, 0.05) is 6.42 Å². The Labute approximate surface area is 133 Å². The van der Waals surface area contributed by atoms with E-state index in [1.165, 1.54) is 0 Å². The average Bonchev–Trinajstić information content (AvgIpc) is 2.45. The molecule has 146 valence electrons. The number of rotatable bonds is 12. The van der Waals surface area contributed by atoms with Gasteiger partial charge in [0.05, 0.1) is 0 Å². The van der Waals surface area contributed by atoms with Crippen LogP contribution in [0.25, 0.3) is 0 Å². The standard InChI is InChI=1S/C14H20F10/c1-2-3-4-5-6-7-8-9-11(17,18)13(21,22)14(23,24)12(19,20)10(15)16/h10H,2-9H2,1H3. The molecule has 0 rings (SSSR count). The van der Waals surface area contributed by atoms with E-state index in [9.17, 15) is 43.9 Å². The number of hydrogen-bond acceptors (Lipinski definition) is 0.